The first-order valence-corrected chi connectivity index (χ1v) is 7.03. The lowest BCUT2D eigenvalue weighted by atomic mass is 9.99. The molecule has 0 amide bonds. The molecule has 1 aromatic heterocycles. The van der Waals surface area contributed by atoms with E-state index in [4.69, 9.17) is 39.5 Å². The van der Waals surface area contributed by atoms with Gasteiger partial charge >= 0.3 is 0 Å². The molecule has 0 saturated heterocycles. The van der Waals surface area contributed by atoms with E-state index in [1.807, 2.05) is 18.2 Å². The van der Waals surface area contributed by atoms with Gasteiger partial charge in [-0.15, -0.1) is 0 Å². The zero-order valence-electron chi connectivity index (χ0n) is 9.87. The predicted octanol–water partition coefficient (Wildman–Crippen LogP) is 5.11. The van der Waals surface area contributed by atoms with E-state index < -0.39 is 0 Å². The summed E-state index contributed by atoms with van der Waals surface area (Å²) in [4.78, 5) is 4.22. The summed E-state index contributed by atoms with van der Waals surface area (Å²) < 4.78 is 5.90. The van der Waals surface area contributed by atoms with E-state index in [-0.39, 0.29) is 6.10 Å². The van der Waals surface area contributed by atoms with Crippen LogP contribution in [0.15, 0.2) is 30.5 Å². The standard InChI is InChI=1S/C14H10Cl3NO/c15-10-5-9-2-4-13(19-14(9)18-7-10)8-1-3-11(16)12(17)6-8/h1,3,5-7,13H,2,4H2/t13-/m0/s1. The summed E-state index contributed by atoms with van der Waals surface area (Å²) in [6, 6.07) is 7.46. The van der Waals surface area contributed by atoms with Gasteiger partial charge in [-0.1, -0.05) is 40.9 Å². The van der Waals surface area contributed by atoms with E-state index in [0.717, 1.165) is 24.0 Å². The molecule has 0 radical (unpaired) electrons. The number of fused-ring (bicyclic) bond motifs is 1. The van der Waals surface area contributed by atoms with Crippen molar-refractivity contribution in [1.29, 1.82) is 0 Å². The highest BCUT2D eigenvalue weighted by molar-refractivity contribution is 6.42. The Labute approximate surface area is 126 Å². The van der Waals surface area contributed by atoms with E-state index in [9.17, 15) is 0 Å². The van der Waals surface area contributed by atoms with Crippen LogP contribution < -0.4 is 4.74 Å². The number of aryl methyl sites for hydroxylation is 1. The summed E-state index contributed by atoms with van der Waals surface area (Å²) in [5, 5.41) is 1.72. The number of hydrogen-bond acceptors (Lipinski definition) is 2. The quantitative estimate of drug-likeness (QED) is 0.730. The highest BCUT2D eigenvalue weighted by Gasteiger charge is 2.23. The van der Waals surface area contributed by atoms with Crippen LogP contribution in [0.25, 0.3) is 0 Å². The van der Waals surface area contributed by atoms with Gasteiger partial charge in [0.25, 0.3) is 0 Å². The Morgan fingerprint density at radius 3 is 2.74 bits per heavy atom. The van der Waals surface area contributed by atoms with Crippen molar-refractivity contribution < 1.29 is 4.74 Å². The molecule has 3 rings (SSSR count). The summed E-state index contributed by atoms with van der Waals surface area (Å²) in [5.41, 5.74) is 2.06. The Hall–Kier alpha value is -0.960. The zero-order valence-corrected chi connectivity index (χ0v) is 12.1. The summed E-state index contributed by atoms with van der Waals surface area (Å²) in [5.74, 6) is 0.645. The molecule has 0 saturated carbocycles. The van der Waals surface area contributed by atoms with Gasteiger partial charge < -0.3 is 4.74 Å². The molecule has 2 heterocycles. The van der Waals surface area contributed by atoms with Gasteiger partial charge in [-0.3, -0.25) is 0 Å². The number of hydrogen-bond donors (Lipinski definition) is 0. The number of nitrogens with zero attached hydrogens (tertiary/aromatic N) is 1. The van der Waals surface area contributed by atoms with Crippen molar-refractivity contribution in [3.05, 3.63) is 56.7 Å². The Bertz CT molecular complexity index is 630. The Morgan fingerprint density at radius 1 is 1.11 bits per heavy atom. The van der Waals surface area contributed by atoms with Crippen molar-refractivity contribution in [2.24, 2.45) is 0 Å². The maximum atomic E-state index is 6.03. The lowest BCUT2D eigenvalue weighted by Crippen LogP contribution is -2.16. The van der Waals surface area contributed by atoms with Crippen LogP contribution in [0.1, 0.15) is 23.7 Å². The van der Waals surface area contributed by atoms with Crippen molar-refractivity contribution >= 4 is 34.8 Å². The molecule has 0 unspecified atom stereocenters. The number of aromatic nitrogens is 1. The molecule has 19 heavy (non-hydrogen) atoms. The molecule has 0 N–H and O–H groups in total. The number of ether oxygens (including phenoxy) is 1. The van der Waals surface area contributed by atoms with E-state index in [0.29, 0.717) is 20.9 Å². The first-order valence-electron chi connectivity index (χ1n) is 5.89. The molecule has 1 atom stereocenters. The van der Waals surface area contributed by atoms with Crippen LogP contribution in [-0.2, 0) is 6.42 Å². The van der Waals surface area contributed by atoms with E-state index >= 15 is 0 Å². The second kappa shape index (κ2) is 5.20. The minimum atomic E-state index is -0.0454. The number of pyridine rings is 1. The third-order valence-electron chi connectivity index (χ3n) is 3.14. The van der Waals surface area contributed by atoms with Gasteiger partial charge in [-0.2, -0.15) is 0 Å². The maximum absolute atomic E-state index is 6.03. The number of rotatable bonds is 1. The molecule has 0 fully saturated rings. The molecule has 1 aliphatic rings. The normalized spacial score (nSPS) is 17.7. The lowest BCUT2D eigenvalue weighted by Gasteiger charge is -2.25. The van der Waals surface area contributed by atoms with Crippen LogP contribution in [0.4, 0.5) is 0 Å². The predicted molar refractivity (Wildman–Crippen MR) is 77.4 cm³/mol. The van der Waals surface area contributed by atoms with Crippen molar-refractivity contribution in [2.45, 2.75) is 18.9 Å². The maximum Gasteiger partial charge on any atom is 0.217 e. The van der Waals surface area contributed by atoms with Crippen molar-refractivity contribution in [2.75, 3.05) is 0 Å². The third-order valence-corrected chi connectivity index (χ3v) is 4.08. The Balaban J connectivity index is 1.89. The van der Waals surface area contributed by atoms with Gasteiger partial charge in [0.15, 0.2) is 0 Å². The highest BCUT2D eigenvalue weighted by Crippen LogP contribution is 2.36. The number of halogens is 3. The molecule has 2 aromatic rings. The molecular formula is C14H10Cl3NO. The van der Waals surface area contributed by atoms with Crippen molar-refractivity contribution in [3.63, 3.8) is 0 Å². The first kappa shape index (κ1) is 13.0. The molecule has 1 aromatic carbocycles. The second-order valence-electron chi connectivity index (χ2n) is 4.44. The van der Waals surface area contributed by atoms with Gasteiger partial charge in [0.1, 0.15) is 6.10 Å². The third kappa shape index (κ3) is 2.66. The monoisotopic (exact) mass is 313 g/mol. The molecule has 2 nitrogen and oxygen atoms in total. The molecular weight excluding hydrogens is 305 g/mol. The van der Waals surface area contributed by atoms with Crippen LogP contribution in [0.5, 0.6) is 5.88 Å². The van der Waals surface area contributed by atoms with Gasteiger partial charge in [0.2, 0.25) is 5.88 Å². The zero-order chi connectivity index (χ0) is 13.4. The SMILES string of the molecule is Clc1cnc2c(c1)CC[C@@H](c1ccc(Cl)c(Cl)c1)O2. The molecule has 0 spiro atoms. The van der Waals surface area contributed by atoms with E-state index in [2.05, 4.69) is 4.98 Å². The summed E-state index contributed by atoms with van der Waals surface area (Å²) in [6.07, 6.45) is 3.30. The first-order chi connectivity index (χ1) is 9.13. The van der Waals surface area contributed by atoms with Crippen LogP contribution in [0.2, 0.25) is 15.1 Å². The van der Waals surface area contributed by atoms with Gasteiger partial charge in [-0.05, 0) is 36.6 Å². The van der Waals surface area contributed by atoms with Crippen LogP contribution in [0.3, 0.4) is 0 Å². The van der Waals surface area contributed by atoms with Gasteiger partial charge in [0, 0.05) is 11.8 Å². The second-order valence-corrected chi connectivity index (χ2v) is 5.69. The molecule has 98 valence electrons. The smallest absolute Gasteiger partial charge is 0.217 e. The van der Waals surface area contributed by atoms with Crippen molar-refractivity contribution in [3.8, 4) is 5.88 Å². The summed E-state index contributed by atoms with van der Waals surface area (Å²) in [6.45, 7) is 0. The van der Waals surface area contributed by atoms with E-state index in [1.54, 1.807) is 12.3 Å². The minimum absolute atomic E-state index is 0.0454. The van der Waals surface area contributed by atoms with Gasteiger partial charge in [0.05, 0.1) is 15.1 Å². The summed E-state index contributed by atoms with van der Waals surface area (Å²) in [7, 11) is 0. The average Bonchev–Trinajstić information content (AvgIpc) is 2.41. The van der Waals surface area contributed by atoms with E-state index in [1.165, 1.54) is 0 Å². The fraction of sp³-hybridized carbons (Fsp3) is 0.214. The largest absolute Gasteiger partial charge is 0.469 e. The fourth-order valence-corrected chi connectivity index (χ4v) is 2.67. The Kier molecular flexibility index (Phi) is 3.57. The number of benzene rings is 1. The van der Waals surface area contributed by atoms with Crippen molar-refractivity contribution in [1.82, 2.24) is 4.98 Å². The van der Waals surface area contributed by atoms with Gasteiger partial charge in [-0.25, -0.2) is 4.98 Å². The topological polar surface area (TPSA) is 22.1 Å². The average molecular weight is 315 g/mol. The van der Waals surface area contributed by atoms with Crippen LogP contribution in [-0.4, -0.2) is 4.98 Å². The highest BCUT2D eigenvalue weighted by atomic mass is 35.5. The lowest BCUT2D eigenvalue weighted by molar-refractivity contribution is 0.168. The summed E-state index contributed by atoms with van der Waals surface area (Å²) >= 11 is 17.9. The fourth-order valence-electron chi connectivity index (χ4n) is 2.18. The molecule has 1 aliphatic heterocycles. The molecule has 0 aliphatic carbocycles. The Morgan fingerprint density at radius 2 is 1.95 bits per heavy atom. The van der Waals surface area contributed by atoms with Crippen LogP contribution in [0, 0.1) is 0 Å². The molecule has 5 heteroatoms. The molecule has 0 bridgehead atoms. The van der Waals surface area contributed by atoms with Crippen LogP contribution >= 0.6 is 34.8 Å². The minimum Gasteiger partial charge on any atom is -0.469 e.